The molecule has 0 spiro atoms. The number of rotatable bonds is 7. The molecule has 0 radical (unpaired) electrons. The standard InChI is InChI=1S/C15H24BrNO/c1-4-5-6-9-17(12(2)3)15-10-14(16)8-7-13(15)11-18/h7-8,10,12,18H,4-6,9,11H2,1-3H3. The molecule has 0 aliphatic rings. The topological polar surface area (TPSA) is 23.5 Å². The van der Waals surface area contributed by atoms with Crippen LogP contribution in [0.2, 0.25) is 0 Å². The van der Waals surface area contributed by atoms with Gasteiger partial charge in [0.2, 0.25) is 0 Å². The van der Waals surface area contributed by atoms with E-state index >= 15 is 0 Å². The van der Waals surface area contributed by atoms with Crippen molar-refractivity contribution >= 4 is 21.6 Å². The van der Waals surface area contributed by atoms with E-state index in [0.717, 1.165) is 22.3 Å². The van der Waals surface area contributed by atoms with Gasteiger partial charge in [-0.2, -0.15) is 0 Å². The van der Waals surface area contributed by atoms with E-state index in [1.54, 1.807) is 0 Å². The molecule has 1 rings (SSSR count). The van der Waals surface area contributed by atoms with Gasteiger partial charge in [0.05, 0.1) is 6.61 Å². The molecule has 1 aromatic rings. The summed E-state index contributed by atoms with van der Waals surface area (Å²) in [5.41, 5.74) is 2.15. The van der Waals surface area contributed by atoms with E-state index in [2.05, 4.69) is 47.7 Å². The molecule has 0 aliphatic heterocycles. The van der Waals surface area contributed by atoms with Crippen LogP contribution in [0.4, 0.5) is 5.69 Å². The van der Waals surface area contributed by atoms with E-state index in [0.29, 0.717) is 6.04 Å². The van der Waals surface area contributed by atoms with E-state index in [4.69, 9.17) is 0 Å². The predicted molar refractivity (Wildman–Crippen MR) is 82.1 cm³/mol. The first-order chi connectivity index (χ1) is 8.60. The summed E-state index contributed by atoms with van der Waals surface area (Å²) in [7, 11) is 0. The molecule has 0 fully saturated rings. The zero-order chi connectivity index (χ0) is 13.5. The van der Waals surface area contributed by atoms with E-state index in [1.165, 1.54) is 19.3 Å². The van der Waals surface area contributed by atoms with E-state index in [-0.39, 0.29) is 6.61 Å². The largest absolute Gasteiger partial charge is 0.392 e. The lowest BCUT2D eigenvalue weighted by Crippen LogP contribution is -2.32. The molecule has 0 unspecified atom stereocenters. The third kappa shape index (κ3) is 4.29. The van der Waals surface area contributed by atoms with Crippen LogP contribution < -0.4 is 4.90 Å². The van der Waals surface area contributed by atoms with Crippen molar-refractivity contribution in [1.29, 1.82) is 0 Å². The fraction of sp³-hybridized carbons (Fsp3) is 0.600. The highest BCUT2D eigenvalue weighted by Gasteiger charge is 2.14. The number of hydrogen-bond acceptors (Lipinski definition) is 2. The Morgan fingerprint density at radius 3 is 2.56 bits per heavy atom. The monoisotopic (exact) mass is 313 g/mol. The number of benzene rings is 1. The highest BCUT2D eigenvalue weighted by molar-refractivity contribution is 9.10. The highest BCUT2D eigenvalue weighted by Crippen LogP contribution is 2.27. The molecule has 0 saturated heterocycles. The van der Waals surface area contributed by atoms with Crippen molar-refractivity contribution in [2.24, 2.45) is 0 Å². The summed E-state index contributed by atoms with van der Waals surface area (Å²) in [6.07, 6.45) is 3.69. The van der Waals surface area contributed by atoms with Gasteiger partial charge in [-0.3, -0.25) is 0 Å². The van der Waals surface area contributed by atoms with E-state index in [9.17, 15) is 5.11 Å². The zero-order valence-corrected chi connectivity index (χ0v) is 13.2. The van der Waals surface area contributed by atoms with Gasteiger partial charge in [0.25, 0.3) is 0 Å². The van der Waals surface area contributed by atoms with E-state index < -0.39 is 0 Å². The molecule has 0 heterocycles. The Kier molecular flexibility index (Phi) is 6.72. The number of nitrogens with zero attached hydrogens (tertiary/aromatic N) is 1. The lowest BCUT2D eigenvalue weighted by atomic mass is 10.1. The molecular weight excluding hydrogens is 290 g/mol. The van der Waals surface area contributed by atoms with Crippen LogP contribution in [-0.4, -0.2) is 17.7 Å². The van der Waals surface area contributed by atoms with E-state index in [1.807, 2.05) is 12.1 Å². The second-order valence-electron chi connectivity index (χ2n) is 4.93. The molecule has 0 saturated carbocycles. The summed E-state index contributed by atoms with van der Waals surface area (Å²) in [5, 5.41) is 9.47. The van der Waals surface area contributed by atoms with Gasteiger partial charge in [0, 0.05) is 28.3 Å². The molecule has 0 amide bonds. The van der Waals surface area contributed by atoms with Crippen molar-refractivity contribution < 1.29 is 5.11 Å². The Balaban J connectivity index is 2.93. The minimum atomic E-state index is 0.0968. The Bertz CT molecular complexity index is 366. The van der Waals surface area contributed by atoms with Crippen molar-refractivity contribution in [2.75, 3.05) is 11.4 Å². The molecule has 0 aromatic heterocycles. The maximum Gasteiger partial charge on any atom is 0.0702 e. The Morgan fingerprint density at radius 2 is 2.00 bits per heavy atom. The minimum Gasteiger partial charge on any atom is -0.392 e. The summed E-state index contributed by atoms with van der Waals surface area (Å²) in [6, 6.07) is 6.53. The Morgan fingerprint density at radius 1 is 1.28 bits per heavy atom. The first kappa shape index (κ1) is 15.5. The molecule has 3 heteroatoms. The number of aliphatic hydroxyl groups is 1. The minimum absolute atomic E-state index is 0.0968. The van der Waals surface area contributed by atoms with Crippen molar-refractivity contribution in [1.82, 2.24) is 0 Å². The highest BCUT2D eigenvalue weighted by atomic mass is 79.9. The fourth-order valence-corrected chi connectivity index (χ4v) is 2.48. The number of hydrogen-bond donors (Lipinski definition) is 1. The van der Waals surface area contributed by atoms with Crippen LogP contribution in [0.3, 0.4) is 0 Å². The fourth-order valence-electron chi connectivity index (χ4n) is 2.13. The van der Waals surface area contributed by atoms with Crippen LogP contribution in [-0.2, 0) is 6.61 Å². The van der Waals surface area contributed by atoms with Gasteiger partial charge in [-0.15, -0.1) is 0 Å². The SMILES string of the molecule is CCCCCN(c1cc(Br)ccc1CO)C(C)C. The van der Waals surface area contributed by atoms with Gasteiger partial charge in [-0.25, -0.2) is 0 Å². The number of aliphatic hydroxyl groups excluding tert-OH is 1. The summed E-state index contributed by atoms with van der Waals surface area (Å²) in [6.45, 7) is 7.77. The Hall–Kier alpha value is -0.540. The molecule has 0 bridgehead atoms. The van der Waals surface area contributed by atoms with Crippen LogP contribution in [0.15, 0.2) is 22.7 Å². The molecule has 102 valence electrons. The maximum atomic E-state index is 9.47. The molecule has 0 aliphatic carbocycles. The smallest absolute Gasteiger partial charge is 0.0702 e. The van der Waals surface area contributed by atoms with Crippen LogP contribution >= 0.6 is 15.9 Å². The number of unbranched alkanes of at least 4 members (excludes halogenated alkanes) is 2. The van der Waals surface area contributed by atoms with Gasteiger partial charge < -0.3 is 10.0 Å². The van der Waals surface area contributed by atoms with Gasteiger partial charge in [0.1, 0.15) is 0 Å². The lowest BCUT2D eigenvalue weighted by molar-refractivity contribution is 0.282. The molecule has 2 nitrogen and oxygen atoms in total. The normalized spacial score (nSPS) is 11.0. The average molecular weight is 314 g/mol. The van der Waals surface area contributed by atoms with Gasteiger partial charge in [-0.05, 0) is 32.4 Å². The van der Waals surface area contributed by atoms with Crippen molar-refractivity contribution in [3.8, 4) is 0 Å². The molecular formula is C15H24BrNO. The second-order valence-corrected chi connectivity index (χ2v) is 5.84. The molecule has 1 N–H and O–H groups in total. The second kappa shape index (κ2) is 7.80. The number of anilines is 1. The lowest BCUT2D eigenvalue weighted by Gasteiger charge is -2.31. The zero-order valence-electron chi connectivity index (χ0n) is 11.6. The van der Waals surface area contributed by atoms with Crippen molar-refractivity contribution in [3.63, 3.8) is 0 Å². The third-order valence-corrected chi connectivity index (χ3v) is 3.65. The first-order valence-corrected chi connectivity index (χ1v) is 7.55. The summed E-state index contributed by atoms with van der Waals surface area (Å²) in [4.78, 5) is 2.38. The van der Waals surface area contributed by atoms with Gasteiger partial charge in [-0.1, -0.05) is 41.8 Å². The Labute approximate surface area is 119 Å². The maximum absolute atomic E-state index is 9.47. The summed E-state index contributed by atoms with van der Waals surface area (Å²) in [5.74, 6) is 0. The predicted octanol–water partition coefficient (Wildman–Crippen LogP) is 4.35. The quantitative estimate of drug-likeness (QED) is 0.757. The number of halogens is 1. The van der Waals surface area contributed by atoms with Crippen molar-refractivity contribution in [3.05, 3.63) is 28.2 Å². The van der Waals surface area contributed by atoms with Gasteiger partial charge in [0.15, 0.2) is 0 Å². The first-order valence-electron chi connectivity index (χ1n) is 6.76. The van der Waals surface area contributed by atoms with Crippen LogP contribution in [0.1, 0.15) is 45.6 Å². The van der Waals surface area contributed by atoms with Crippen LogP contribution in [0, 0.1) is 0 Å². The van der Waals surface area contributed by atoms with Crippen LogP contribution in [0.5, 0.6) is 0 Å². The average Bonchev–Trinajstić information content (AvgIpc) is 2.34. The van der Waals surface area contributed by atoms with Gasteiger partial charge >= 0.3 is 0 Å². The van der Waals surface area contributed by atoms with Crippen LogP contribution in [0.25, 0.3) is 0 Å². The van der Waals surface area contributed by atoms with Crippen molar-refractivity contribution in [2.45, 2.75) is 52.7 Å². The summed E-state index contributed by atoms with van der Waals surface area (Å²) < 4.78 is 1.07. The summed E-state index contributed by atoms with van der Waals surface area (Å²) >= 11 is 3.52. The molecule has 0 atom stereocenters. The molecule has 18 heavy (non-hydrogen) atoms. The molecule has 1 aromatic carbocycles. The third-order valence-electron chi connectivity index (χ3n) is 3.15.